The summed E-state index contributed by atoms with van der Waals surface area (Å²) in [5.41, 5.74) is 6.82. The molecule has 3 nitrogen and oxygen atoms in total. The Bertz CT molecular complexity index is 688. The average molecular weight is 323 g/mol. The number of hydrogen-bond donors (Lipinski definition) is 2. The summed E-state index contributed by atoms with van der Waals surface area (Å²) in [5.74, 6) is -0.532. The quantitative estimate of drug-likeness (QED) is 0.889. The van der Waals surface area contributed by atoms with Crippen LogP contribution in [0.1, 0.15) is 18.1 Å². The van der Waals surface area contributed by atoms with Gasteiger partial charge in [0.05, 0.1) is 10.0 Å². The molecule has 0 saturated carbocycles. The number of anilines is 1. The van der Waals surface area contributed by atoms with E-state index in [1.165, 1.54) is 0 Å². The SMILES string of the molecule is Cc1ccccc1NC(C)(C(N)=O)c1cccc(Cl)c1Cl. The number of carbonyl (C=O) groups excluding carboxylic acids is 1. The minimum Gasteiger partial charge on any atom is -0.368 e. The maximum Gasteiger partial charge on any atom is 0.247 e. The topological polar surface area (TPSA) is 55.1 Å². The summed E-state index contributed by atoms with van der Waals surface area (Å²) in [7, 11) is 0. The molecule has 0 radical (unpaired) electrons. The van der Waals surface area contributed by atoms with E-state index < -0.39 is 11.4 Å². The van der Waals surface area contributed by atoms with Crippen molar-refractivity contribution in [2.24, 2.45) is 5.73 Å². The van der Waals surface area contributed by atoms with E-state index in [1.54, 1.807) is 25.1 Å². The Balaban J connectivity index is 2.54. The van der Waals surface area contributed by atoms with Gasteiger partial charge in [0.25, 0.3) is 0 Å². The molecular formula is C16H16Cl2N2O. The van der Waals surface area contributed by atoms with Crippen molar-refractivity contribution >= 4 is 34.8 Å². The predicted molar refractivity (Wildman–Crippen MR) is 87.8 cm³/mol. The van der Waals surface area contributed by atoms with Crippen LogP contribution in [0, 0.1) is 6.92 Å². The standard InChI is InChI=1S/C16H16Cl2N2O/c1-10-6-3-4-9-13(10)20-16(2,15(19)21)11-7-5-8-12(17)14(11)18/h3-9,20H,1-2H3,(H2,19,21). The predicted octanol–water partition coefficient (Wildman–Crippen LogP) is 4.11. The number of para-hydroxylation sites is 1. The number of amides is 1. The molecule has 3 N–H and O–H groups in total. The number of hydrogen-bond acceptors (Lipinski definition) is 2. The normalized spacial score (nSPS) is 13.5. The molecule has 0 aliphatic carbocycles. The molecule has 110 valence electrons. The van der Waals surface area contributed by atoms with Crippen molar-refractivity contribution in [1.82, 2.24) is 0 Å². The summed E-state index contributed by atoms with van der Waals surface area (Å²) in [5, 5.41) is 3.89. The molecule has 0 aliphatic heterocycles. The van der Waals surface area contributed by atoms with Crippen LogP contribution >= 0.6 is 23.2 Å². The summed E-state index contributed by atoms with van der Waals surface area (Å²) in [6.45, 7) is 3.64. The second-order valence-electron chi connectivity index (χ2n) is 5.03. The lowest BCUT2D eigenvalue weighted by atomic mass is 9.90. The maximum absolute atomic E-state index is 12.1. The number of nitrogens with one attached hydrogen (secondary N) is 1. The number of halogens is 2. The first-order valence-electron chi connectivity index (χ1n) is 6.44. The molecule has 2 aromatic carbocycles. The van der Waals surface area contributed by atoms with Crippen molar-refractivity contribution < 1.29 is 4.79 Å². The van der Waals surface area contributed by atoms with E-state index in [9.17, 15) is 4.79 Å². The van der Waals surface area contributed by atoms with Crippen LogP contribution in [-0.2, 0) is 10.3 Å². The summed E-state index contributed by atoms with van der Waals surface area (Å²) < 4.78 is 0. The van der Waals surface area contributed by atoms with E-state index in [0.29, 0.717) is 15.6 Å². The molecule has 0 aromatic heterocycles. The van der Waals surface area contributed by atoms with Crippen LogP contribution in [0.5, 0.6) is 0 Å². The first-order chi connectivity index (χ1) is 9.86. The Morgan fingerprint density at radius 1 is 1.14 bits per heavy atom. The molecule has 21 heavy (non-hydrogen) atoms. The molecule has 0 bridgehead atoms. The number of rotatable bonds is 4. The molecule has 0 aliphatic rings. The highest BCUT2D eigenvalue weighted by molar-refractivity contribution is 6.42. The van der Waals surface area contributed by atoms with Crippen LogP contribution in [0.4, 0.5) is 5.69 Å². The third kappa shape index (κ3) is 2.99. The Morgan fingerprint density at radius 2 is 1.81 bits per heavy atom. The third-order valence-corrected chi connectivity index (χ3v) is 4.33. The largest absolute Gasteiger partial charge is 0.368 e. The van der Waals surface area contributed by atoms with Gasteiger partial charge in [-0.3, -0.25) is 4.79 Å². The second kappa shape index (κ2) is 5.96. The van der Waals surface area contributed by atoms with Crippen molar-refractivity contribution in [1.29, 1.82) is 0 Å². The van der Waals surface area contributed by atoms with Gasteiger partial charge in [-0.15, -0.1) is 0 Å². The number of primary amides is 1. The van der Waals surface area contributed by atoms with Crippen molar-refractivity contribution in [3.63, 3.8) is 0 Å². The number of nitrogens with two attached hydrogens (primary N) is 1. The molecule has 1 amide bonds. The van der Waals surface area contributed by atoms with Gasteiger partial charge in [-0.05, 0) is 31.5 Å². The third-order valence-electron chi connectivity index (χ3n) is 3.51. The summed E-state index contributed by atoms with van der Waals surface area (Å²) in [6.07, 6.45) is 0. The fourth-order valence-corrected chi connectivity index (χ4v) is 2.62. The van der Waals surface area contributed by atoms with E-state index in [-0.39, 0.29) is 0 Å². The van der Waals surface area contributed by atoms with E-state index in [0.717, 1.165) is 11.3 Å². The lowest BCUT2D eigenvalue weighted by Gasteiger charge is -2.31. The molecule has 2 aromatic rings. The molecular weight excluding hydrogens is 307 g/mol. The summed E-state index contributed by atoms with van der Waals surface area (Å²) in [4.78, 5) is 12.1. The average Bonchev–Trinajstić information content (AvgIpc) is 2.44. The summed E-state index contributed by atoms with van der Waals surface area (Å²) in [6, 6.07) is 12.8. The van der Waals surface area contributed by atoms with Gasteiger partial charge in [0.2, 0.25) is 5.91 Å². The highest BCUT2D eigenvalue weighted by Gasteiger charge is 2.36. The van der Waals surface area contributed by atoms with Crippen molar-refractivity contribution in [3.05, 3.63) is 63.6 Å². The Hall–Kier alpha value is -1.71. The van der Waals surface area contributed by atoms with Crippen LogP contribution in [0.2, 0.25) is 10.0 Å². The number of aryl methyl sites for hydroxylation is 1. The molecule has 5 heteroatoms. The zero-order chi connectivity index (χ0) is 15.6. The first-order valence-corrected chi connectivity index (χ1v) is 7.20. The van der Waals surface area contributed by atoms with Crippen molar-refractivity contribution in [3.8, 4) is 0 Å². The zero-order valence-electron chi connectivity index (χ0n) is 11.8. The lowest BCUT2D eigenvalue weighted by Crippen LogP contribution is -2.45. The Kier molecular flexibility index (Phi) is 4.45. The van der Waals surface area contributed by atoms with Gasteiger partial charge < -0.3 is 11.1 Å². The van der Waals surface area contributed by atoms with Gasteiger partial charge >= 0.3 is 0 Å². The van der Waals surface area contributed by atoms with E-state index in [4.69, 9.17) is 28.9 Å². The van der Waals surface area contributed by atoms with Crippen molar-refractivity contribution in [2.45, 2.75) is 19.4 Å². The molecule has 0 spiro atoms. The van der Waals surface area contributed by atoms with Crippen LogP contribution in [0.15, 0.2) is 42.5 Å². The van der Waals surface area contributed by atoms with E-state index in [2.05, 4.69) is 5.32 Å². The molecule has 0 saturated heterocycles. The van der Waals surface area contributed by atoms with Crippen LogP contribution in [0.3, 0.4) is 0 Å². The second-order valence-corrected chi connectivity index (χ2v) is 5.82. The molecule has 1 atom stereocenters. The minimum atomic E-state index is -1.16. The van der Waals surface area contributed by atoms with Gasteiger partial charge in [-0.2, -0.15) is 0 Å². The number of benzene rings is 2. The fourth-order valence-electron chi connectivity index (χ4n) is 2.13. The molecule has 1 unspecified atom stereocenters. The van der Waals surface area contributed by atoms with E-state index in [1.807, 2.05) is 31.2 Å². The molecule has 0 heterocycles. The van der Waals surface area contributed by atoms with Gasteiger partial charge in [0.1, 0.15) is 5.54 Å². The van der Waals surface area contributed by atoms with Crippen LogP contribution in [-0.4, -0.2) is 5.91 Å². The minimum absolute atomic E-state index is 0.321. The van der Waals surface area contributed by atoms with E-state index >= 15 is 0 Å². The molecule has 0 fully saturated rings. The van der Waals surface area contributed by atoms with Crippen molar-refractivity contribution in [2.75, 3.05) is 5.32 Å². The molecule has 2 rings (SSSR count). The van der Waals surface area contributed by atoms with Gasteiger partial charge in [0, 0.05) is 11.3 Å². The fraction of sp³-hybridized carbons (Fsp3) is 0.188. The van der Waals surface area contributed by atoms with Gasteiger partial charge in [-0.1, -0.05) is 53.5 Å². The smallest absolute Gasteiger partial charge is 0.247 e. The summed E-state index contributed by atoms with van der Waals surface area (Å²) >= 11 is 12.3. The Morgan fingerprint density at radius 3 is 2.43 bits per heavy atom. The number of carbonyl (C=O) groups is 1. The van der Waals surface area contributed by atoms with Crippen LogP contribution < -0.4 is 11.1 Å². The monoisotopic (exact) mass is 322 g/mol. The van der Waals surface area contributed by atoms with Gasteiger partial charge in [0.15, 0.2) is 0 Å². The zero-order valence-corrected chi connectivity index (χ0v) is 13.3. The maximum atomic E-state index is 12.1. The van der Waals surface area contributed by atoms with Crippen LogP contribution in [0.25, 0.3) is 0 Å². The van der Waals surface area contributed by atoms with Gasteiger partial charge in [-0.25, -0.2) is 0 Å². The first kappa shape index (κ1) is 15.7. The highest BCUT2D eigenvalue weighted by Crippen LogP contribution is 2.35. The Labute approximate surface area is 134 Å². The lowest BCUT2D eigenvalue weighted by molar-refractivity contribution is -0.122. The highest BCUT2D eigenvalue weighted by atomic mass is 35.5.